The van der Waals surface area contributed by atoms with Crippen LogP contribution in [0.5, 0.6) is 11.6 Å². The first-order chi connectivity index (χ1) is 13.6. The van der Waals surface area contributed by atoms with E-state index in [1.807, 2.05) is 36.7 Å². The number of ether oxygens (including phenoxy) is 1. The zero-order valence-corrected chi connectivity index (χ0v) is 15.8. The van der Waals surface area contributed by atoms with Gasteiger partial charge in [0, 0.05) is 12.5 Å². The van der Waals surface area contributed by atoms with Gasteiger partial charge in [0.05, 0.1) is 24.5 Å². The smallest absolute Gasteiger partial charge is 0.319 e. The Balaban J connectivity index is 1.33. The highest BCUT2D eigenvalue weighted by molar-refractivity contribution is 5.89. The van der Waals surface area contributed by atoms with Crippen LogP contribution in [0.4, 0.5) is 10.5 Å². The first kappa shape index (κ1) is 18.0. The van der Waals surface area contributed by atoms with Crippen LogP contribution in [0.25, 0.3) is 0 Å². The molecule has 2 amide bonds. The maximum atomic E-state index is 12.3. The van der Waals surface area contributed by atoms with E-state index in [9.17, 15) is 4.79 Å². The van der Waals surface area contributed by atoms with Crippen LogP contribution in [0.15, 0.2) is 42.9 Å². The van der Waals surface area contributed by atoms with Gasteiger partial charge in [-0.2, -0.15) is 5.10 Å². The largest absolute Gasteiger partial charge is 0.439 e. The molecule has 1 aliphatic heterocycles. The van der Waals surface area contributed by atoms with E-state index in [0.717, 1.165) is 35.5 Å². The lowest BCUT2D eigenvalue weighted by Gasteiger charge is -2.23. The number of fused-ring (bicyclic) bond motifs is 1. The number of nitrogens with zero attached hydrogens (tertiary/aromatic N) is 4. The zero-order chi connectivity index (χ0) is 19.5. The van der Waals surface area contributed by atoms with Crippen LogP contribution in [0.2, 0.25) is 0 Å². The summed E-state index contributed by atoms with van der Waals surface area (Å²) >= 11 is 0. The molecule has 8 heteroatoms. The molecule has 144 valence electrons. The van der Waals surface area contributed by atoms with Crippen molar-refractivity contribution >= 4 is 11.7 Å². The number of nitrogens with one attached hydrogen (secondary N) is 2. The quantitative estimate of drug-likeness (QED) is 0.727. The lowest BCUT2D eigenvalue weighted by Crippen LogP contribution is -2.43. The van der Waals surface area contributed by atoms with E-state index in [-0.39, 0.29) is 12.1 Å². The fourth-order valence-electron chi connectivity index (χ4n) is 3.17. The summed E-state index contributed by atoms with van der Waals surface area (Å²) in [5.41, 5.74) is 2.84. The van der Waals surface area contributed by atoms with E-state index in [2.05, 4.69) is 25.7 Å². The van der Waals surface area contributed by atoms with Crippen molar-refractivity contribution in [3.63, 3.8) is 0 Å². The van der Waals surface area contributed by atoms with Gasteiger partial charge in [0.25, 0.3) is 0 Å². The van der Waals surface area contributed by atoms with Crippen molar-refractivity contribution in [1.29, 1.82) is 0 Å². The average molecular weight is 378 g/mol. The van der Waals surface area contributed by atoms with Gasteiger partial charge in [-0.3, -0.25) is 0 Å². The average Bonchev–Trinajstić information content (AvgIpc) is 3.15. The highest BCUT2D eigenvalue weighted by atomic mass is 16.5. The highest BCUT2D eigenvalue weighted by Crippen LogP contribution is 2.26. The van der Waals surface area contributed by atoms with Gasteiger partial charge in [-0.1, -0.05) is 12.1 Å². The van der Waals surface area contributed by atoms with Crippen LogP contribution in [-0.2, 0) is 13.0 Å². The maximum Gasteiger partial charge on any atom is 0.319 e. The molecule has 28 heavy (non-hydrogen) atoms. The first-order valence-electron chi connectivity index (χ1n) is 9.23. The van der Waals surface area contributed by atoms with Crippen LogP contribution >= 0.6 is 0 Å². The monoisotopic (exact) mass is 378 g/mol. The number of anilines is 1. The van der Waals surface area contributed by atoms with Gasteiger partial charge in [0.2, 0.25) is 5.88 Å². The maximum absolute atomic E-state index is 12.3. The molecule has 3 aromatic rings. The summed E-state index contributed by atoms with van der Waals surface area (Å²) in [6, 6.07) is 9.16. The van der Waals surface area contributed by atoms with E-state index in [0.29, 0.717) is 18.1 Å². The minimum Gasteiger partial charge on any atom is -0.439 e. The van der Waals surface area contributed by atoms with Crippen molar-refractivity contribution in [2.45, 2.75) is 39.3 Å². The Labute approximate surface area is 163 Å². The number of pyridine rings is 1. The summed E-state index contributed by atoms with van der Waals surface area (Å²) in [6.07, 6.45) is 4.77. The van der Waals surface area contributed by atoms with Gasteiger partial charge in [0.1, 0.15) is 17.9 Å². The minimum absolute atomic E-state index is 0.0223. The van der Waals surface area contributed by atoms with E-state index < -0.39 is 0 Å². The number of amides is 2. The number of benzene rings is 1. The Morgan fingerprint density at radius 1 is 1.21 bits per heavy atom. The Morgan fingerprint density at radius 2 is 2.11 bits per heavy atom. The molecule has 8 nitrogen and oxygen atoms in total. The molecule has 0 unspecified atom stereocenters. The van der Waals surface area contributed by atoms with Gasteiger partial charge < -0.3 is 15.4 Å². The zero-order valence-electron chi connectivity index (χ0n) is 15.8. The van der Waals surface area contributed by atoms with E-state index in [1.54, 1.807) is 24.7 Å². The van der Waals surface area contributed by atoms with Crippen LogP contribution in [0.3, 0.4) is 0 Å². The van der Waals surface area contributed by atoms with Crippen molar-refractivity contribution in [1.82, 2.24) is 25.1 Å². The van der Waals surface area contributed by atoms with Gasteiger partial charge in [-0.25, -0.2) is 19.4 Å². The van der Waals surface area contributed by atoms with E-state index in [4.69, 9.17) is 4.74 Å². The second-order valence-electron chi connectivity index (χ2n) is 6.88. The second-order valence-corrected chi connectivity index (χ2v) is 6.88. The Bertz CT molecular complexity index is 983. The molecule has 3 heterocycles. The molecule has 0 radical (unpaired) electrons. The molecule has 1 aromatic carbocycles. The van der Waals surface area contributed by atoms with Gasteiger partial charge >= 0.3 is 6.03 Å². The van der Waals surface area contributed by atoms with Crippen molar-refractivity contribution in [2.24, 2.45) is 0 Å². The Hall–Kier alpha value is -3.42. The lowest BCUT2D eigenvalue weighted by atomic mass is 10.1. The molecular formula is C20H22N6O2. The third-order valence-corrected chi connectivity index (χ3v) is 4.90. The molecule has 0 bridgehead atoms. The fourth-order valence-corrected chi connectivity index (χ4v) is 3.17. The van der Waals surface area contributed by atoms with Gasteiger partial charge in [-0.15, -0.1) is 0 Å². The van der Waals surface area contributed by atoms with Crippen LogP contribution in [-0.4, -0.2) is 31.8 Å². The summed E-state index contributed by atoms with van der Waals surface area (Å²) in [4.78, 5) is 20.7. The number of carbonyl (C=O) groups excluding carboxylic acids is 1. The summed E-state index contributed by atoms with van der Waals surface area (Å²) < 4.78 is 7.67. The summed E-state index contributed by atoms with van der Waals surface area (Å²) in [7, 11) is 0. The SMILES string of the molecule is Cc1cccc(Oc2ccc(NC(=O)N[C@H]3CCc4ncnn4C3)cn2)c1C. The van der Waals surface area contributed by atoms with Crippen LogP contribution < -0.4 is 15.4 Å². The normalized spacial score (nSPS) is 15.6. The standard InChI is InChI=1S/C20H22N6O2/c1-13-4-3-5-17(14(13)2)28-19-9-7-15(10-21-19)24-20(27)25-16-6-8-18-22-12-23-26(18)11-16/h3-5,7,9-10,12,16H,6,8,11H2,1-2H3,(H2,24,25,27)/t16-/m0/s1. The molecule has 2 aromatic heterocycles. The molecule has 0 spiro atoms. The van der Waals surface area contributed by atoms with E-state index >= 15 is 0 Å². The number of hydrogen-bond acceptors (Lipinski definition) is 5. The van der Waals surface area contributed by atoms with Crippen molar-refractivity contribution in [3.8, 4) is 11.6 Å². The topological polar surface area (TPSA) is 94.0 Å². The number of hydrogen-bond donors (Lipinski definition) is 2. The minimum atomic E-state index is -0.265. The van der Waals surface area contributed by atoms with E-state index in [1.165, 1.54) is 0 Å². The van der Waals surface area contributed by atoms with Crippen LogP contribution in [0, 0.1) is 13.8 Å². The number of aryl methyl sites for hydroxylation is 2. The Morgan fingerprint density at radius 3 is 2.93 bits per heavy atom. The van der Waals surface area contributed by atoms with Crippen molar-refractivity contribution in [3.05, 3.63) is 59.8 Å². The Kier molecular flexibility index (Phi) is 4.92. The molecule has 0 saturated carbocycles. The third kappa shape index (κ3) is 3.95. The number of urea groups is 1. The molecule has 0 saturated heterocycles. The van der Waals surface area contributed by atoms with Crippen LogP contribution in [0.1, 0.15) is 23.4 Å². The number of carbonyl (C=O) groups is 1. The predicted octanol–water partition coefficient (Wildman–Crippen LogP) is 3.22. The molecule has 4 rings (SSSR count). The molecule has 0 fully saturated rings. The van der Waals surface area contributed by atoms with Crippen molar-refractivity contribution in [2.75, 3.05) is 5.32 Å². The molecule has 1 atom stereocenters. The highest BCUT2D eigenvalue weighted by Gasteiger charge is 2.21. The number of aromatic nitrogens is 4. The summed E-state index contributed by atoms with van der Waals surface area (Å²) in [5, 5.41) is 9.94. The third-order valence-electron chi connectivity index (χ3n) is 4.90. The fraction of sp³-hybridized carbons (Fsp3) is 0.300. The predicted molar refractivity (Wildman–Crippen MR) is 105 cm³/mol. The summed E-state index contributed by atoms with van der Waals surface area (Å²) in [6.45, 7) is 4.68. The number of rotatable bonds is 4. The molecule has 2 N–H and O–H groups in total. The molecule has 1 aliphatic rings. The lowest BCUT2D eigenvalue weighted by molar-refractivity contribution is 0.243. The second kappa shape index (κ2) is 7.67. The van der Waals surface area contributed by atoms with Gasteiger partial charge in [-0.05, 0) is 43.5 Å². The van der Waals surface area contributed by atoms with Crippen molar-refractivity contribution < 1.29 is 9.53 Å². The molecule has 0 aliphatic carbocycles. The van der Waals surface area contributed by atoms with Gasteiger partial charge in [0.15, 0.2) is 0 Å². The summed E-state index contributed by atoms with van der Waals surface area (Å²) in [5.74, 6) is 2.21. The molecular weight excluding hydrogens is 356 g/mol. The first-order valence-corrected chi connectivity index (χ1v) is 9.23.